The molecule has 0 heterocycles. The molecule has 0 aromatic heterocycles. The summed E-state index contributed by atoms with van der Waals surface area (Å²) in [4.78, 5) is 16.7. The van der Waals surface area contributed by atoms with E-state index in [1.807, 2.05) is 62.3 Å². The largest absolute Gasteiger partial charge is 0.331 e. The zero-order valence-electron chi connectivity index (χ0n) is 15.9. The van der Waals surface area contributed by atoms with Crippen molar-refractivity contribution in [1.82, 2.24) is 15.1 Å². The van der Waals surface area contributed by atoms with Crippen LogP contribution in [0.5, 0.6) is 0 Å². The van der Waals surface area contributed by atoms with Crippen LogP contribution in [0, 0.1) is 11.3 Å². The van der Waals surface area contributed by atoms with Crippen molar-refractivity contribution in [3.8, 4) is 6.07 Å². The minimum Gasteiger partial charge on any atom is -0.331 e. The average molecular weight is 385 g/mol. The summed E-state index contributed by atoms with van der Waals surface area (Å²) in [6.07, 6.45) is 0. The number of hydrogen-bond donors (Lipinski definition) is 1. The Morgan fingerprint density at radius 3 is 2.48 bits per heavy atom. The summed E-state index contributed by atoms with van der Waals surface area (Å²) in [7, 11) is 3.96. The van der Waals surface area contributed by atoms with Gasteiger partial charge in [0.25, 0.3) is 0 Å². The molecule has 1 unspecified atom stereocenters. The van der Waals surface area contributed by atoms with Crippen molar-refractivity contribution in [1.29, 1.82) is 5.26 Å². The van der Waals surface area contributed by atoms with Gasteiger partial charge in [-0.3, -0.25) is 0 Å². The Morgan fingerprint density at radius 1 is 1.19 bits per heavy atom. The summed E-state index contributed by atoms with van der Waals surface area (Å²) in [5, 5.41) is 12.6. The highest BCUT2D eigenvalue weighted by atomic mass is 35.5. The molecule has 142 valence electrons. The van der Waals surface area contributed by atoms with Gasteiger partial charge in [0.2, 0.25) is 0 Å². The minimum atomic E-state index is -0.154. The van der Waals surface area contributed by atoms with E-state index in [9.17, 15) is 4.79 Å². The third-order valence-electron chi connectivity index (χ3n) is 4.25. The van der Waals surface area contributed by atoms with E-state index >= 15 is 0 Å². The van der Waals surface area contributed by atoms with Crippen LogP contribution in [0.1, 0.15) is 29.7 Å². The SMILES string of the molecule is CC(NC(=O)N(CCN(C)C)Cc1ccc(C#N)cc1)c1cccc(Cl)c1. The zero-order chi connectivity index (χ0) is 19.8. The molecule has 0 aliphatic rings. The summed E-state index contributed by atoms with van der Waals surface area (Å²) < 4.78 is 0. The van der Waals surface area contributed by atoms with Crippen molar-refractivity contribution in [3.05, 3.63) is 70.2 Å². The second-order valence-electron chi connectivity index (χ2n) is 6.76. The number of rotatable bonds is 7. The smallest absolute Gasteiger partial charge is 0.318 e. The normalized spacial score (nSPS) is 11.7. The van der Waals surface area contributed by atoms with Crippen molar-refractivity contribution in [2.24, 2.45) is 0 Å². The fourth-order valence-corrected chi connectivity index (χ4v) is 2.81. The fourth-order valence-electron chi connectivity index (χ4n) is 2.61. The summed E-state index contributed by atoms with van der Waals surface area (Å²) in [6, 6.07) is 16.6. The molecule has 0 aliphatic carbocycles. The molecule has 2 aromatic rings. The third kappa shape index (κ3) is 6.59. The van der Waals surface area contributed by atoms with Crippen molar-refractivity contribution in [3.63, 3.8) is 0 Å². The van der Waals surface area contributed by atoms with Crippen LogP contribution in [0.4, 0.5) is 4.79 Å². The van der Waals surface area contributed by atoms with Gasteiger partial charge >= 0.3 is 6.03 Å². The van der Waals surface area contributed by atoms with Gasteiger partial charge in [-0.15, -0.1) is 0 Å². The first kappa shape index (κ1) is 20.8. The van der Waals surface area contributed by atoms with Crippen LogP contribution in [-0.4, -0.2) is 43.0 Å². The van der Waals surface area contributed by atoms with Crippen LogP contribution in [0.25, 0.3) is 0 Å². The molecule has 2 rings (SSSR count). The number of carbonyl (C=O) groups excluding carboxylic acids is 1. The van der Waals surface area contributed by atoms with Crippen LogP contribution in [0.2, 0.25) is 5.02 Å². The van der Waals surface area contributed by atoms with E-state index in [1.54, 1.807) is 17.0 Å². The van der Waals surface area contributed by atoms with Crippen LogP contribution < -0.4 is 5.32 Å². The van der Waals surface area contributed by atoms with Gasteiger partial charge in [-0.1, -0.05) is 35.9 Å². The van der Waals surface area contributed by atoms with Crippen LogP contribution in [-0.2, 0) is 6.54 Å². The number of nitriles is 1. The summed E-state index contributed by atoms with van der Waals surface area (Å²) >= 11 is 6.05. The van der Waals surface area contributed by atoms with Crippen LogP contribution >= 0.6 is 11.6 Å². The molecule has 1 N–H and O–H groups in total. The Morgan fingerprint density at radius 2 is 1.89 bits per heavy atom. The van der Waals surface area contributed by atoms with Gasteiger partial charge in [0.1, 0.15) is 0 Å². The lowest BCUT2D eigenvalue weighted by Crippen LogP contribution is -2.43. The van der Waals surface area contributed by atoms with Crippen molar-refractivity contribution < 1.29 is 4.79 Å². The quantitative estimate of drug-likeness (QED) is 0.783. The topological polar surface area (TPSA) is 59.4 Å². The molecular formula is C21H25ClN4O. The molecule has 0 saturated carbocycles. The van der Waals surface area contributed by atoms with Gasteiger partial charge in [-0.25, -0.2) is 4.79 Å². The monoisotopic (exact) mass is 384 g/mol. The fraction of sp³-hybridized carbons (Fsp3) is 0.333. The highest BCUT2D eigenvalue weighted by molar-refractivity contribution is 6.30. The number of nitrogens with zero attached hydrogens (tertiary/aromatic N) is 3. The summed E-state index contributed by atoms with van der Waals surface area (Å²) in [5.41, 5.74) is 2.55. The number of likely N-dealkylation sites (N-methyl/N-ethyl adjacent to an activating group) is 1. The molecule has 0 spiro atoms. The van der Waals surface area contributed by atoms with E-state index < -0.39 is 0 Å². The minimum absolute atomic E-state index is 0.131. The lowest BCUT2D eigenvalue weighted by molar-refractivity contribution is 0.185. The molecule has 0 aliphatic heterocycles. The molecule has 6 heteroatoms. The molecule has 0 bridgehead atoms. The lowest BCUT2D eigenvalue weighted by atomic mass is 10.1. The highest BCUT2D eigenvalue weighted by Gasteiger charge is 2.17. The molecule has 1 atom stereocenters. The molecule has 5 nitrogen and oxygen atoms in total. The second kappa shape index (κ2) is 9.96. The van der Waals surface area contributed by atoms with Gasteiger partial charge in [0, 0.05) is 24.7 Å². The molecule has 0 radical (unpaired) electrons. The standard InChI is InChI=1S/C21H25ClN4O/c1-16(19-5-4-6-20(22)13-19)24-21(27)26(12-11-25(2)3)15-18-9-7-17(14-23)8-10-18/h4-10,13,16H,11-12,15H2,1-3H3,(H,24,27). The maximum Gasteiger partial charge on any atom is 0.318 e. The number of hydrogen-bond acceptors (Lipinski definition) is 3. The lowest BCUT2D eigenvalue weighted by Gasteiger charge is -2.27. The van der Waals surface area contributed by atoms with Crippen molar-refractivity contribution >= 4 is 17.6 Å². The molecular weight excluding hydrogens is 360 g/mol. The van der Waals surface area contributed by atoms with Crippen LogP contribution in [0.3, 0.4) is 0 Å². The first-order valence-electron chi connectivity index (χ1n) is 8.83. The average Bonchev–Trinajstić information content (AvgIpc) is 2.65. The van der Waals surface area contributed by atoms with Crippen molar-refractivity contribution in [2.45, 2.75) is 19.5 Å². The molecule has 2 amide bonds. The molecule has 2 aromatic carbocycles. The molecule has 0 saturated heterocycles. The van der Waals surface area contributed by atoms with Gasteiger partial charge in [-0.2, -0.15) is 5.26 Å². The summed E-state index contributed by atoms with van der Waals surface area (Å²) in [5.74, 6) is 0. The first-order valence-corrected chi connectivity index (χ1v) is 9.21. The van der Waals surface area contributed by atoms with E-state index in [2.05, 4.69) is 11.4 Å². The Kier molecular flexibility index (Phi) is 7.66. The van der Waals surface area contributed by atoms with Gasteiger partial charge in [-0.05, 0) is 56.4 Å². The number of amides is 2. The van der Waals surface area contributed by atoms with E-state index in [0.717, 1.165) is 17.7 Å². The highest BCUT2D eigenvalue weighted by Crippen LogP contribution is 2.18. The van der Waals surface area contributed by atoms with E-state index in [0.29, 0.717) is 23.7 Å². The Hall–Kier alpha value is -2.55. The van der Waals surface area contributed by atoms with Gasteiger partial charge < -0.3 is 15.1 Å². The van der Waals surface area contributed by atoms with Crippen LogP contribution in [0.15, 0.2) is 48.5 Å². The Bertz CT molecular complexity index is 799. The van der Waals surface area contributed by atoms with Gasteiger partial charge in [0.05, 0.1) is 17.7 Å². The third-order valence-corrected chi connectivity index (χ3v) is 4.48. The number of benzene rings is 2. The zero-order valence-corrected chi connectivity index (χ0v) is 16.7. The maximum absolute atomic E-state index is 12.9. The number of halogens is 1. The van der Waals surface area contributed by atoms with Gasteiger partial charge in [0.15, 0.2) is 0 Å². The Balaban J connectivity index is 2.09. The predicted octanol–water partition coefficient (Wildman–Crippen LogP) is 4.05. The number of nitrogens with one attached hydrogen (secondary N) is 1. The van der Waals surface area contributed by atoms with Crippen molar-refractivity contribution in [2.75, 3.05) is 27.2 Å². The molecule has 0 fully saturated rings. The number of carbonyl (C=O) groups is 1. The predicted molar refractivity (Wildman–Crippen MR) is 109 cm³/mol. The second-order valence-corrected chi connectivity index (χ2v) is 7.20. The Labute approximate surface area is 166 Å². The maximum atomic E-state index is 12.9. The number of urea groups is 1. The summed E-state index contributed by atoms with van der Waals surface area (Å²) in [6.45, 7) is 3.78. The van der Waals surface area contributed by atoms with E-state index in [1.165, 1.54) is 0 Å². The van der Waals surface area contributed by atoms with E-state index in [-0.39, 0.29) is 12.1 Å². The first-order chi connectivity index (χ1) is 12.9. The molecule has 27 heavy (non-hydrogen) atoms. The van der Waals surface area contributed by atoms with E-state index in [4.69, 9.17) is 16.9 Å².